The Balaban J connectivity index is 1.47. The van der Waals surface area contributed by atoms with Crippen molar-refractivity contribution in [2.45, 2.75) is 84.0 Å². The molecule has 2 aliphatic carbocycles. The van der Waals surface area contributed by atoms with Gasteiger partial charge in [-0.3, -0.25) is 0 Å². The predicted molar refractivity (Wildman–Crippen MR) is 105 cm³/mol. The molecule has 0 bridgehead atoms. The lowest BCUT2D eigenvalue weighted by Crippen LogP contribution is -2.27. The molecule has 2 saturated carbocycles. The van der Waals surface area contributed by atoms with Gasteiger partial charge < -0.3 is 0 Å². The second kappa shape index (κ2) is 8.88. The fourth-order valence-electron chi connectivity index (χ4n) is 5.61. The molecule has 0 amide bonds. The molecule has 1 unspecified atom stereocenters. The Morgan fingerprint density at radius 1 is 0.920 bits per heavy atom. The van der Waals surface area contributed by atoms with Gasteiger partial charge in [-0.15, -0.1) is 0 Å². The highest BCUT2D eigenvalue weighted by atomic mass is 14.4. The van der Waals surface area contributed by atoms with E-state index in [2.05, 4.69) is 32.0 Å². The zero-order valence-corrected chi connectivity index (χ0v) is 16.2. The molecule has 2 fully saturated rings. The maximum absolute atomic E-state index is 8.97. The second-order valence-corrected chi connectivity index (χ2v) is 8.77. The van der Waals surface area contributed by atoms with Gasteiger partial charge in [-0.1, -0.05) is 51.7 Å². The topological polar surface area (TPSA) is 23.8 Å². The van der Waals surface area contributed by atoms with Gasteiger partial charge in [-0.05, 0) is 85.8 Å². The van der Waals surface area contributed by atoms with Crippen LogP contribution in [0.25, 0.3) is 0 Å². The molecule has 1 atom stereocenters. The van der Waals surface area contributed by atoms with Crippen molar-refractivity contribution in [2.75, 3.05) is 0 Å². The third-order valence-corrected chi connectivity index (χ3v) is 7.34. The molecule has 0 radical (unpaired) electrons. The average molecular weight is 338 g/mol. The zero-order chi connectivity index (χ0) is 17.6. The molecule has 0 spiro atoms. The van der Waals surface area contributed by atoms with E-state index in [0.717, 1.165) is 29.2 Å². The minimum Gasteiger partial charge on any atom is -0.192 e. The number of nitriles is 1. The Kier molecular flexibility index (Phi) is 6.57. The van der Waals surface area contributed by atoms with Crippen LogP contribution >= 0.6 is 0 Å². The number of rotatable bonds is 5. The third-order valence-electron chi connectivity index (χ3n) is 7.34. The van der Waals surface area contributed by atoms with E-state index >= 15 is 0 Å². The van der Waals surface area contributed by atoms with E-state index in [9.17, 15) is 0 Å². The lowest BCUT2D eigenvalue weighted by molar-refractivity contribution is 0.137. The van der Waals surface area contributed by atoms with Crippen LogP contribution in [0.3, 0.4) is 0 Å². The van der Waals surface area contributed by atoms with Gasteiger partial charge in [-0.2, -0.15) is 5.26 Å². The van der Waals surface area contributed by atoms with Crippen LogP contribution in [0.5, 0.6) is 0 Å². The smallest absolute Gasteiger partial charge is 0.0991 e. The normalized spacial score (nSPS) is 31.2. The molecule has 3 rings (SSSR count). The molecule has 25 heavy (non-hydrogen) atoms. The third kappa shape index (κ3) is 4.66. The van der Waals surface area contributed by atoms with Crippen LogP contribution in [0.1, 0.15) is 95.1 Å². The lowest BCUT2D eigenvalue weighted by atomic mass is 9.66. The van der Waals surface area contributed by atoms with E-state index in [1.54, 1.807) is 0 Å². The van der Waals surface area contributed by atoms with Crippen molar-refractivity contribution in [2.24, 2.45) is 23.7 Å². The van der Waals surface area contributed by atoms with Crippen LogP contribution in [-0.2, 0) is 0 Å². The summed E-state index contributed by atoms with van der Waals surface area (Å²) in [5.41, 5.74) is 2.20. The van der Waals surface area contributed by atoms with Crippen molar-refractivity contribution in [3.05, 3.63) is 35.4 Å². The van der Waals surface area contributed by atoms with Crippen molar-refractivity contribution < 1.29 is 0 Å². The standard InChI is InChI=1S/C24H35N/c1-3-4-19-5-11-23(12-6-19)24-15-13-22(14-16-24)18(2)21-9-7-20(17-25)8-10-21/h7-10,18-19,22-24H,3-6,11-16H2,1-2H3. The number of hydrogen-bond donors (Lipinski definition) is 0. The van der Waals surface area contributed by atoms with Gasteiger partial charge in [0.25, 0.3) is 0 Å². The molecular formula is C24H35N. The van der Waals surface area contributed by atoms with Crippen molar-refractivity contribution >= 4 is 0 Å². The summed E-state index contributed by atoms with van der Waals surface area (Å²) in [6.45, 7) is 4.73. The highest BCUT2D eigenvalue weighted by molar-refractivity contribution is 5.33. The van der Waals surface area contributed by atoms with Crippen molar-refractivity contribution in [3.63, 3.8) is 0 Å². The van der Waals surface area contributed by atoms with E-state index in [1.165, 1.54) is 69.8 Å². The molecular weight excluding hydrogens is 302 g/mol. The highest BCUT2D eigenvalue weighted by Gasteiger charge is 2.32. The Labute approximate surface area is 154 Å². The lowest BCUT2D eigenvalue weighted by Gasteiger charge is -2.39. The van der Waals surface area contributed by atoms with E-state index in [0.29, 0.717) is 5.92 Å². The van der Waals surface area contributed by atoms with Gasteiger partial charge in [0.15, 0.2) is 0 Å². The molecule has 1 aromatic rings. The maximum atomic E-state index is 8.97. The molecule has 0 saturated heterocycles. The van der Waals surface area contributed by atoms with E-state index < -0.39 is 0 Å². The fraction of sp³-hybridized carbons (Fsp3) is 0.708. The molecule has 0 N–H and O–H groups in total. The summed E-state index contributed by atoms with van der Waals surface area (Å²) in [6.07, 6.45) is 14.6. The number of nitrogens with zero attached hydrogens (tertiary/aromatic N) is 1. The van der Waals surface area contributed by atoms with Crippen LogP contribution in [0, 0.1) is 35.0 Å². The van der Waals surface area contributed by atoms with Crippen molar-refractivity contribution in [1.29, 1.82) is 5.26 Å². The largest absolute Gasteiger partial charge is 0.192 e. The Morgan fingerprint density at radius 2 is 1.48 bits per heavy atom. The van der Waals surface area contributed by atoms with Crippen LogP contribution in [-0.4, -0.2) is 0 Å². The first kappa shape index (κ1) is 18.5. The Bertz CT molecular complexity index is 551. The summed E-state index contributed by atoms with van der Waals surface area (Å²) in [4.78, 5) is 0. The van der Waals surface area contributed by atoms with Gasteiger partial charge in [0.1, 0.15) is 0 Å². The summed E-state index contributed by atoms with van der Waals surface area (Å²) in [6, 6.07) is 10.5. The van der Waals surface area contributed by atoms with Crippen LogP contribution in [0.4, 0.5) is 0 Å². The monoisotopic (exact) mass is 337 g/mol. The Morgan fingerprint density at radius 3 is 2.00 bits per heavy atom. The molecule has 2 aliphatic rings. The van der Waals surface area contributed by atoms with E-state index in [1.807, 2.05) is 12.1 Å². The van der Waals surface area contributed by atoms with Crippen molar-refractivity contribution in [3.8, 4) is 6.07 Å². The summed E-state index contributed by atoms with van der Waals surface area (Å²) in [7, 11) is 0. The molecule has 136 valence electrons. The van der Waals surface area contributed by atoms with Crippen LogP contribution < -0.4 is 0 Å². The first-order valence-corrected chi connectivity index (χ1v) is 10.7. The average Bonchev–Trinajstić information content (AvgIpc) is 2.68. The first-order valence-electron chi connectivity index (χ1n) is 10.7. The first-order chi connectivity index (χ1) is 12.2. The van der Waals surface area contributed by atoms with Gasteiger partial charge in [0.2, 0.25) is 0 Å². The van der Waals surface area contributed by atoms with Crippen molar-refractivity contribution in [1.82, 2.24) is 0 Å². The highest BCUT2D eigenvalue weighted by Crippen LogP contribution is 2.45. The summed E-state index contributed by atoms with van der Waals surface area (Å²) < 4.78 is 0. The van der Waals surface area contributed by atoms with Gasteiger partial charge in [-0.25, -0.2) is 0 Å². The second-order valence-electron chi connectivity index (χ2n) is 8.77. The minimum absolute atomic E-state index is 0.633. The zero-order valence-electron chi connectivity index (χ0n) is 16.2. The van der Waals surface area contributed by atoms with Crippen LogP contribution in [0.2, 0.25) is 0 Å². The fourth-order valence-corrected chi connectivity index (χ4v) is 5.61. The SMILES string of the molecule is CCCC1CCC(C2CCC(C(C)c3ccc(C#N)cc3)CC2)CC1. The molecule has 0 aromatic heterocycles. The van der Waals surface area contributed by atoms with Gasteiger partial charge >= 0.3 is 0 Å². The molecule has 1 aromatic carbocycles. The van der Waals surface area contributed by atoms with E-state index in [-0.39, 0.29) is 0 Å². The molecule has 0 aliphatic heterocycles. The summed E-state index contributed by atoms with van der Waals surface area (Å²) >= 11 is 0. The summed E-state index contributed by atoms with van der Waals surface area (Å²) in [5.74, 6) is 4.54. The summed E-state index contributed by atoms with van der Waals surface area (Å²) in [5, 5.41) is 8.97. The minimum atomic E-state index is 0.633. The van der Waals surface area contributed by atoms with Gasteiger partial charge in [0.05, 0.1) is 11.6 Å². The molecule has 1 heteroatoms. The predicted octanol–water partition coefficient (Wildman–Crippen LogP) is 7.07. The molecule has 0 heterocycles. The van der Waals surface area contributed by atoms with E-state index in [4.69, 9.17) is 5.26 Å². The van der Waals surface area contributed by atoms with Gasteiger partial charge in [0, 0.05) is 0 Å². The Hall–Kier alpha value is -1.29. The maximum Gasteiger partial charge on any atom is 0.0991 e. The number of benzene rings is 1. The van der Waals surface area contributed by atoms with Crippen LogP contribution in [0.15, 0.2) is 24.3 Å². The number of hydrogen-bond acceptors (Lipinski definition) is 1. The molecule has 1 nitrogen and oxygen atoms in total. The quantitative estimate of drug-likeness (QED) is 0.563.